The van der Waals surface area contributed by atoms with Crippen molar-refractivity contribution < 1.29 is 4.79 Å². The van der Waals surface area contributed by atoms with Crippen molar-refractivity contribution >= 4 is 5.91 Å². The fourth-order valence-corrected chi connectivity index (χ4v) is 0.986. The Morgan fingerprint density at radius 3 is 2.08 bits per heavy atom. The summed E-state index contributed by atoms with van der Waals surface area (Å²) >= 11 is 0. The second-order valence-electron chi connectivity index (χ2n) is 3.04. The van der Waals surface area contributed by atoms with Gasteiger partial charge in [-0.2, -0.15) is 0 Å². The molecule has 1 amide bonds. The van der Waals surface area contributed by atoms with Gasteiger partial charge in [0, 0.05) is 6.04 Å². The Morgan fingerprint density at radius 1 is 1.25 bits per heavy atom. The summed E-state index contributed by atoms with van der Waals surface area (Å²) in [5.41, 5.74) is 5.56. The van der Waals surface area contributed by atoms with Crippen molar-refractivity contribution in [3.8, 4) is 0 Å². The number of amides is 1. The van der Waals surface area contributed by atoms with E-state index in [0.29, 0.717) is 6.42 Å². The quantitative estimate of drug-likeness (QED) is 0.650. The number of carbonyl (C=O) groups is 1. The second-order valence-corrected chi connectivity index (χ2v) is 3.04. The summed E-state index contributed by atoms with van der Waals surface area (Å²) in [5, 5.41) is 2.90. The van der Waals surface area contributed by atoms with Crippen molar-refractivity contribution in [1.29, 1.82) is 0 Å². The molecule has 0 aromatic carbocycles. The van der Waals surface area contributed by atoms with E-state index in [1.54, 1.807) is 0 Å². The largest absolute Gasteiger partial charge is 0.352 e. The number of nitrogens with one attached hydrogen (secondary N) is 1. The highest BCUT2D eigenvalue weighted by Gasteiger charge is 2.13. The fraction of sp³-hybridized carbons (Fsp3) is 0.889. The van der Waals surface area contributed by atoms with Crippen molar-refractivity contribution in [1.82, 2.24) is 5.32 Å². The van der Waals surface area contributed by atoms with Gasteiger partial charge in [-0.25, -0.2) is 0 Å². The van der Waals surface area contributed by atoms with Gasteiger partial charge in [-0.3, -0.25) is 4.79 Å². The Labute approximate surface area is 74.7 Å². The third-order valence-corrected chi connectivity index (χ3v) is 2.11. The maximum atomic E-state index is 11.3. The molecule has 0 aliphatic carbocycles. The Kier molecular flexibility index (Phi) is 5.72. The molecule has 1 atom stereocenters. The molecule has 3 heteroatoms. The molecule has 0 fully saturated rings. The van der Waals surface area contributed by atoms with Crippen LogP contribution < -0.4 is 11.1 Å². The van der Waals surface area contributed by atoms with Gasteiger partial charge in [0.05, 0.1) is 6.04 Å². The van der Waals surface area contributed by atoms with Gasteiger partial charge in [0.1, 0.15) is 0 Å². The van der Waals surface area contributed by atoms with E-state index in [0.717, 1.165) is 12.8 Å². The average Bonchev–Trinajstić information content (AvgIpc) is 2.12. The smallest absolute Gasteiger partial charge is 0.237 e. The molecule has 0 saturated heterocycles. The van der Waals surface area contributed by atoms with Gasteiger partial charge < -0.3 is 11.1 Å². The van der Waals surface area contributed by atoms with Gasteiger partial charge in [-0.1, -0.05) is 20.8 Å². The third kappa shape index (κ3) is 3.72. The van der Waals surface area contributed by atoms with Crippen LogP contribution in [0.5, 0.6) is 0 Å². The first kappa shape index (κ1) is 11.4. The molecule has 0 heterocycles. The molecule has 0 radical (unpaired) electrons. The summed E-state index contributed by atoms with van der Waals surface area (Å²) in [4.78, 5) is 11.3. The lowest BCUT2D eigenvalue weighted by atomic mass is 10.1. The van der Waals surface area contributed by atoms with Crippen LogP contribution in [0.25, 0.3) is 0 Å². The number of hydrogen-bond donors (Lipinski definition) is 2. The molecular formula is C9H20N2O. The zero-order chi connectivity index (χ0) is 9.56. The predicted octanol–water partition coefficient (Wildman–Crippen LogP) is 1.03. The van der Waals surface area contributed by atoms with E-state index in [9.17, 15) is 4.79 Å². The van der Waals surface area contributed by atoms with Crippen molar-refractivity contribution in [2.45, 2.75) is 52.1 Å². The molecule has 0 aliphatic rings. The molecule has 0 aliphatic heterocycles. The molecule has 72 valence electrons. The maximum absolute atomic E-state index is 11.3. The van der Waals surface area contributed by atoms with Gasteiger partial charge in [0.25, 0.3) is 0 Å². The van der Waals surface area contributed by atoms with E-state index in [-0.39, 0.29) is 18.0 Å². The van der Waals surface area contributed by atoms with Crippen LogP contribution in [0.4, 0.5) is 0 Å². The van der Waals surface area contributed by atoms with Gasteiger partial charge in [-0.05, 0) is 19.3 Å². The Morgan fingerprint density at radius 2 is 1.75 bits per heavy atom. The summed E-state index contributed by atoms with van der Waals surface area (Å²) < 4.78 is 0. The highest BCUT2D eigenvalue weighted by molar-refractivity contribution is 5.81. The SMILES string of the molecule is CCC(CC)NC(=O)C(N)CC. The molecule has 0 aromatic heterocycles. The molecule has 0 bridgehead atoms. The van der Waals surface area contributed by atoms with Crippen LogP contribution >= 0.6 is 0 Å². The van der Waals surface area contributed by atoms with Crippen LogP contribution in [-0.4, -0.2) is 18.0 Å². The molecule has 3 nitrogen and oxygen atoms in total. The van der Waals surface area contributed by atoms with Gasteiger partial charge in [-0.15, -0.1) is 0 Å². The van der Waals surface area contributed by atoms with Gasteiger partial charge in [0.2, 0.25) is 5.91 Å². The normalized spacial score (nSPS) is 13.1. The fourth-order valence-electron chi connectivity index (χ4n) is 0.986. The van der Waals surface area contributed by atoms with Crippen LogP contribution in [0.2, 0.25) is 0 Å². The minimum absolute atomic E-state index is 0.0220. The van der Waals surface area contributed by atoms with Crippen LogP contribution in [0.15, 0.2) is 0 Å². The van der Waals surface area contributed by atoms with Crippen LogP contribution in [0, 0.1) is 0 Å². The first-order valence-electron chi connectivity index (χ1n) is 4.71. The molecule has 0 aromatic rings. The monoisotopic (exact) mass is 172 g/mol. The molecule has 0 rings (SSSR count). The Hall–Kier alpha value is -0.570. The molecule has 0 saturated carbocycles. The number of hydrogen-bond acceptors (Lipinski definition) is 2. The molecule has 1 unspecified atom stereocenters. The van der Waals surface area contributed by atoms with E-state index < -0.39 is 0 Å². The van der Waals surface area contributed by atoms with E-state index in [2.05, 4.69) is 19.2 Å². The second kappa shape index (κ2) is 6.00. The molecule has 12 heavy (non-hydrogen) atoms. The molecular weight excluding hydrogens is 152 g/mol. The minimum Gasteiger partial charge on any atom is -0.352 e. The van der Waals surface area contributed by atoms with Crippen molar-refractivity contribution in [3.63, 3.8) is 0 Å². The summed E-state index contributed by atoms with van der Waals surface area (Å²) in [6.45, 7) is 6.04. The zero-order valence-corrected chi connectivity index (χ0v) is 8.26. The number of rotatable bonds is 5. The summed E-state index contributed by atoms with van der Waals surface area (Å²) in [5.74, 6) is -0.0220. The van der Waals surface area contributed by atoms with Gasteiger partial charge >= 0.3 is 0 Å². The summed E-state index contributed by atoms with van der Waals surface area (Å²) in [6.07, 6.45) is 2.64. The van der Waals surface area contributed by atoms with Crippen LogP contribution in [0.3, 0.4) is 0 Å². The van der Waals surface area contributed by atoms with Gasteiger partial charge in [0.15, 0.2) is 0 Å². The topological polar surface area (TPSA) is 55.1 Å². The van der Waals surface area contributed by atoms with E-state index >= 15 is 0 Å². The molecule has 0 spiro atoms. The van der Waals surface area contributed by atoms with Crippen molar-refractivity contribution in [3.05, 3.63) is 0 Å². The Bertz CT molecular complexity index is 132. The first-order chi connectivity index (χ1) is 5.65. The average molecular weight is 172 g/mol. The Balaban J connectivity index is 3.81. The summed E-state index contributed by atoms with van der Waals surface area (Å²) in [7, 11) is 0. The first-order valence-corrected chi connectivity index (χ1v) is 4.71. The van der Waals surface area contributed by atoms with Crippen LogP contribution in [0.1, 0.15) is 40.0 Å². The lowest BCUT2D eigenvalue weighted by Gasteiger charge is -2.17. The zero-order valence-electron chi connectivity index (χ0n) is 8.26. The van der Waals surface area contributed by atoms with Crippen molar-refractivity contribution in [2.75, 3.05) is 0 Å². The molecule has 3 N–H and O–H groups in total. The van der Waals surface area contributed by atoms with Crippen LogP contribution in [-0.2, 0) is 4.79 Å². The number of carbonyl (C=O) groups excluding carboxylic acids is 1. The van der Waals surface area contributed by atoms with E-state index in [4.69, 9.17) is 5.73 Å². The lowest BCUT2D eigenvalue weighted by Crippen LogP contribution is -2.44. The minimum atomic E-state index is -0.342. The predicted molar refractivity (Wildman–Crippen MR) is 50.8 cm³/mol. The maximum Gasteiger partial charge on any atom is 0.237 e. The summed E-state index contributed by atoms with van der Waals surface area (Å²) in [6, 6.07) is -0.0549. The standard InChI is InChI=1S/C9H20N2O/c1-4-7(5-2)11-9(12)8(10)6-3/h7-8H,4-6,10H2,1-3H3,(H,11,12). The van der Waals surface area contributed by atoms with E-state index in [1.807, 2.05) is 6.92 Å². The highest BCUT2D eigenvalue weighted by atomic mass is 16.2. The van der Waals surface area contributed by atoms with E-state index in [1.165, 1.54) is 0 Å². The highest BCUT2D eigenvalue weighted by Crippen LogP contribution is 1.97. The van der Waals surface area contributed by atoms with Crippen molar-refractivity contribution in [2.24, 2.45) is 5.73 Å². The number of nitrogens with two attached hydrogens (primary N) is 1. The third-order valence-electron chi connectivity index (χ3n) is 2.11. The lowest BCUT2D eigenvalue weighted by molar-refractivity contribution is -0.123.